The lowest BCUT2D eigenvalue weighted by atomic mass is 10.0. The van der Waals surface area contributed by atoms with E-state index in [2.05, 4.69) is 206 Å². The molecule has 0 bridgehead atoms. The Morgan fingerprint density at radius 2 is 0.688 bits per heavy atom. The van der Waals surface area contributed by atoms with Crippen LogP contribution in [0.5, 0.6) is 0 Å². The van der Waals surface area contributed by atoms with Crippen molar-refractivity contribution < 1.29 is 0 Å². The van der Waals surface area contributed by atoms with Gasteiger partial charge in [0.15, 0.2) is 0 Å². The lowest BCUT2D eigenvalue weighted by molar-refractivity contribution is 1.29. The van der Waals surface area contributed by atoms with Crippen LogP contribution in [0.15, 0.2) is 182 Å². The normalized spacial score (nSPS) is 11.1. The van der Waals surface area contributed by atoms with E-state index in [-0.39, 0.29) is 0 Å². The van der Waals surface area contributed by atoms with Crippen molar-refractivity contribution in [3.63, 3.8) is 0 Å². The van der Waals surface area contributed by atoms with Crippen molar-refractivity contribution in [1.82, 2.24) is 0 Å². The molecule has 0 saturated heterocycles. The van der Waals surface area contributed by atoms with Crippen molar-refractivity contribution in [2.45, 2.75) is 13.8 Å². The van der Waals surface area contributed by atoms with Crippen molar-refractivity contribution in [3.8, 4) is 11.1 Å². The number of para-hydroxylation sites is 2. The topological polar surface area (TPSA) is 6.48 Å². The number of aryl methyl sites for hydroxylation is 2. The number of anilines is 6. The fraction of sp³-hybridized carbons (Fsp3) is 0.0435. The SMILES string of the molecule is Cc1ccc2c(N(c3ccccc3)c3ccc(-c4ccc(N(c5ccccc5)c5cccc6cc(C)ccc56)cc4)cc3)cccc2c1. The van der Waals surface area contributed by atoms with Crippen molar-refractivity contribution in [2.75, 3.05) is 9.80 Å². The highest BCUT2D eigenvalue weighted by Gasteiger charge is 2.17. The first kappa shape index (κ1) is 29.3. The van der Waals surface area contributed by atoms with E-state index >= 15 is 0 Å². The van der Waals surface area contributed by atoms with Crippen LogP contribution in [0.25, 0.3) is 32.7 Å². The molecule has 230 valence electrons. The van der Waals surface area contributed by atoms with Gasteiger partial charge in [0.25, 0.3) is 0 Å². The molecule has 0 N–H and O–H groups in total. The highest BCUT2D eigenvalue weighted by atomic mass is 15.1. The Hall–Kier alpha value is -6.12. The molecule has 0 unspecified atom stereocenters. The summed E-state index contributed by atoms with van der Waals surface area (Å²) in [5, 5.41) is 4.95. The summed E-state index contributed by atoms with van der Waals surface area (Å²) in [5.41, 5.74) is 11.7. The smallest absolute Gasteiger partial charge is 0.0540 e. The minimum Gasteiger partial charge on any atom is -0.310 e. The number of hydrogen-bond acceptors (Lipinski definition) is 2. The Morgan fingerprint density at radius 1 is 0.312 bits per heavy atom. The van der Waals surface area contributed by atoms with Crippen molar-refractivity contribution in [2.24, 2.45) is 0 Å². The first-order valence-electron chi connectivity index (χ1n) is 16.5. The van der Waals surface area contributed by atoms with Gasteiger partial charge in [-0.3, -0.25) is 0 Å². The van der Waals surface area contributed by atoms with Crippen LogP contribution in [0.2, 0.25) is 0 Å². The van der Waals surface area contributed by atoms with Gasteiger partial charge in [0.1, 0.15) is 0 Å². The van der Waals surface area contributed by atoms with Gasteiger partial charge in [-0.15, -0.1) is 0 Å². The second kappa shape index (κ2) is 12.6. The molecule has 0 heterocycles. The predicted molar refractivity (Wildman–Crippen MR) is 206 cm³/mol. The maximum atomic E-state index is 2.36. The third-order valence-electron chi connectivity index (χ3n) is 9.12. The molecule has 8 aromatic rings. The van der Waals surface area contributed by atoms with Gasteiger partial charge < -0.3 is 9.80 Å². The summed E-state index contributed by atoms with van der Waals surface area (Å²) >= 11 is 0. The summed E-state index contributed by atoms with van der Waals surface area (Å²) in [5.74, 6) is 0. The maximum absolute atomic E-state index is 2.36. The second-order valence-electron chi connectivity index (χ2n) is 12.4. The molecule has 2 heteroatoms. The van der Waals surface area contributed by atoms with Gasteiger partial charge in [-0.05, 0) is 96.4 Å². The summed E-state index contributed by atoms with van der Waals surface area (Å²) in [6, 6.07) is 65.6. The Bertz CT molecular complexity index is 2170. The van der Waals surface area contributed by atoms with Gasteiger partial charge in [0.2, 0.25) is 0 Å². The predicted octanol–water partition coefficient (Wildman–Crippen LogP) is 13.2. The van der Waals surface area contributed by atoms with Gasteiger partial charge in [-0.1, -0.05) is 132 Å². The number of rotatable bonds is 7. The molecule has 0 atom stereocenters. The van der Waals surface area contributed by atoms with E-state index in [0.29, 0.717) is 0 Å². The van der Waals surface area contributed by atoms with Crippen molar-refractivity contribution in [3.05, 3.63) is 193 Å². The average molecular weight is 617 g/mol. The molecule has 0 aromatic heterocycles. The quantitative estimate of drug-likeness (QED) is 0.176. The fourth-order valence-electron chi connectivity index (χ4n) is 6.78. The molecule has 0 aliphatic heterocycles. The summed E-state index contributed by atoms with van der Waals surface area (Å²) in [6.07, 6.45) is 0. The molecule has 0 spiro atoms. The summed E-state index contributed by atoms with van der Waals surface area (Å²) in [4.78, 5) is 4.71. The standard InChI is InChI=1S/C46H36N2/c1-33-19-29-43-37(31-33)11-9-17-45(43)47(39-13-5-3-6-14-39)41-25-21-35(22-26-41)36-23-27-42(28-24-36)48(40-15-7-4-8-16-40)46-18-10-12-38-32-34(2)20-30-44(38)46/h3-32H,1-2H3. The molecule has 0 aliphatic rings. The first-order valence-corrected chi connectivity index (χ1v) is 16.5. The van der Waals surface area contributed by atoms with Crippen LogP contribution < -0.4 is 9.80 Å². The fourth-order valence-corrected chi connectivity index (χ4v) is 6.78. The van der Waals surface area contributed by atoms with Gasteiger partial charge in [-0.25, -0.2) is 0 Å². The van der Waals surface area contributed by atoms with Crippen LogP contribution in [0.1, 0.15) is 11.1 Å². The van der Waals surface area contributed by atoms with Crippen LogP contribution >= 0.6 is 0 Å². The molecule has 8 aromatic carbocycles. The highest BCUT2D eigenvalue weighted by Crippen LogP contribution is 2.41. The molecule has 2 nitrogen and oxygen atoms in total. The zero-order valence-corrected chi connectivity index (χ0v) is 27.2. The lowest BCUT2D eigenvalue weighted by Gasteiger charge is -2.27. The van der Waals surface area contributed by atoms with Crippen LogP contribution in [0, 0.1) is 13.8 Å². The zero-order valence-electron chi connectivity index (χ0n) is 27.2. The molecule has 0 fully saturated rings. The maximum Gasteiger partial charge on any atom is 0.0540 e. The summed E-state index contributed by atoms with van der Waals surface area (Å²) < 4.78 is 0. The molecule has 8 rings (SSSR count). The van der Waals surface area contributed by atoms with Crippen molar-refractivity contribution in [1.29, 1.82) is 0 Å². The van der Waals surface area contributed by atoms with E-state index in [1.165, 1.54) is 55.2 Å². The average Bonchev–Trinajstić information content (AvgIpc) is 3.13. The Morgan fingerprint density at radius 3 is 1.08 bits per heavy atom. The monoisotopic (exact) mass is 616 g/mol. The first-order chi connectivity index (χ1) is 23.6. The Labute approximate surface area is 282 Å². The number of hydrogen-bond donors (Lipinski definition) is 0. The molecule has 48 heavy (non-hydrogen) atoms. The van der Waals surface area contributed by atoms with E-state index in [1.807, 2.05) is 0 Å². The van der Waals surface area contributed by atoms with E-state index in [0.717, 1.165) is 22.7 Å². The molecular weight excluding hydrogens is 581 g/mol. The Balaban J connectivity index is 1.16. The third-order valence-corrected chi connectivity index (χ3v) is 9.12. The number of fused-ring (bicyclic) bond motifs is 2. The number of benzene rings is 8. The largest absolute Gasteiger partial charge is 0.310 e. The minimum absolute atomic E-state index is 1.12. The molecule has 0 radical (unpaired) electrons. The van der Waals surface area contributed by atoms with E-state index in [1.54, 1.807) is 0 Å². The van der Waals surface area contributed by atoms with Crippen LogP contribution in [0.3, 0.4) is 0 Å². The molecule has 0 aliphatic carbocycles. The third kappa shape index (κ3) is 5.59. The minimum atomic E-state index is 1.12. The van der Waals surface area contributed by atoms with Crippen molar-refractivity contribution >= 4 is 55.7 Å². The van der Waals surface area contributed by atoms with E-state index in [9.17, 15) is 0 Å². The number of nitrogens with zero attached hydrogens (tertiary/aromatic N) is 2. The molecular formula is C46H36N2. The molecule has 0 saturated carbocycles. The van der Waals surface area contributed by atoms with Gasteiger partial charge in [0.05, 0.1) is 11.4 Å². The lowest BCUT2D eigenvalue weighted by Crippen LogP contribution is -2.10. The summed E-state index contributed by atoms with van der Waals surface area (Å²) in [7, 11) is 0. The summed E-state index contributed by atoms with van der Waals surface area (Å²) in [6.45, 7) is 4.30. The van der Waals surface area contributed by atoms with Gasteiger partial charge in [-0.2, -0.15) is 0 Å². The van der Waals surface area contributed by atoms with Gasteiger partial charge in [0, 0.05) is 33.5 Å². The van der Waals surface area contributed by atoms with Crippen LogP contribution in [-0.2, 0) is 0 Å². The highest BCUT2D eigenvalue weighted by molar-refractivity contribution is 6.00. The van der Waals surface area contributed by atoms with Gasteiger partial charge >= 0.3 is 0 Å². The molecule has 0 amide bonds. The van der Waals surface area contributed by atoms with Crippen LogP contribution in [-0.4, -0.2) is 0 Å². The van der Waals surface area contributed by atoms with E-state index in [4.69, 9.17) is 0 Å². The Kier molecular flexibility index (Phi) is 7.68. The van der Waals surface area contributed by atoms with Crippen LogP contribution in [0.4, 0.5) is 34.1 Å². The zero-order chi connectivity index (χ0) is 32.5. The second-order valence-corrected chi connectivity index (χ2v) is 12.4. The van der Waals surface area contributed by atoms with E-state index < -0.39 is 0 Å².